The minimum absolute atomic E-state index is 0.177. The Morgan fingerprint density at radius 1 is 1.60 bits per heavy atom. The standard InChI is InChI=1S/C12H16N2O/c1-3-6-10(13)12(15)14-11-8-5-4-7-9(11)2/h3-5,7-8,10H,1,6,13H2,2H3,(H,14,15). The molecular formula is C12H16N2O. The summed E-state index contributed by atoms with van der Waals surface area (Å²) >= 11 is 0. The van der Waals surface area contributed by atoms with Gasteiger partial charge in [-0.15, -0.1) is 6.58 Å². The van der Waals surface area contributed by atoms with Crippen molar-refractivity contribution in [3.8, 4) is 0 Å². The molecule has 3 heteroatoms. The van der Waals surface area contributed by atoms with Gasteiger partial charge in [-0.3, -0.25) is 4.79 Å². The molecule has 1 atom stereocenters. The van der Waals surface area contributed by atoms with Crippen LogP contribution in [0.15, 0.2) is 36.9 Å². The minimum atomic E-state index is -0.526. The summed E-state index contributed by atoms with van der Waals surface area (Å²) in [4.78, 5) is 11.6. The van der Waals surface area contributed by atoms with Crippen LogP contribution in [0.4, 0.5) is 5.69 Å². The molecule has 0 fully saturated rings. The second kappa shape index (κ2) is 5.32. The monoisotopic (exact) mass is 204 g/mol. The lowest BCUT2D eigenvalue weighted by molar-refractivity contribution is -0.117. The number of rotatable bonds is 4. The van der Waals surface area contributed by atoms with Crippen LogP contribution in [0, 0.1) is 6.92 Å². The number of carbonyl (C=O) groups is 1. The first kappa shape index (κ1) is 11.5. The van der Waals surface area contributed by atoms with Crippen molar-refractivity contribution in [1.29, 1.82) is 0 Å². The van der Waals surface area contributed by atoms with Crippen LogP contribution in [0.2, 0.25) is 0 Å². The van der Waals surface area contributed by atoms with Gasteiger partial charge in [0.25, 0.3) is 0 Å². The van der Waals surface area contributed by atoms with Crippen molar-refractivity contribution in [1.82, 2.24) is 0 Å². The zero-order valence-electron chi connectivity index (χ0n) is 8.86. The molecule has 0 heterocycles. The summed E-state index contributed by atoms with van der Waals surface area (Å²) < 4.78 is 0. The Kier molecular flexibility index (Phi) is 4.06. The highest BCUT2D eigenvalue weighted by Gasteiger charge is 2.11. The molecule has 0 aliphatic rings. The fourth-order valence-corrected chi connectivity index (χ4v) is 1.23. The minimum Gasteiger partial charge on any atom is -0.324 e. The van der Waals surface area contributed by atoms with Gasteiger partial charge in [0.2, 0.25) is 5.91 Å². The van der Waals surface area contributed by atoms with Crippen LogP contribution in [0.1, 0.15) is 12.0 Å². The van der Waals surface area contributed by atoms with Crippen LogP contribution in [0.5, 0.6) is 0 Å². The first-order valence-electron chi connectivity index (χ1n) is 4.88. The Morgan fingerprint density at radius 3 is 2.87 bits per heavy atom. The third-order valence-corrected chi connectivity index (χ3v) is 2.16. The summed E-state index contributed by atoms with van der Waals surface area (Å²) in [6, 6.07) is 7.07. The van der Waals surface area contributed by atoms with Crippen LogP contribution < -0.4 is 11.1 Å². The van der Waals surface area contributed by atoms with Crippen LogP contribution in [-0.4, -0.2) is 11.9 Å². The van der Waals surface area contributed by atoms with Crippen molar-refractivity contribution in [2.75, 3.05) is 5.32 Å². The van der Waals surface area contributed by atoms with Crippen molar-refractivity contribution in [2.45, 2.75) is 19.4 Å². The van der Waals surface area contributed by atoms with Gasteiger partial charge in [0, 0.05) is 5.69 Å². The van der Waals surface area contributed by atoms with Crippen LogP contribution in [0.3, 0.4) is 0 Å². The molecule has 15 heavy (non-hydrogen) atoms. The van der Waals surface area contributed by atoms with Gasteiger partial charge in [0.15, 0.2) is 0 Å². The fraction of sp³-hybridized carbons (Fsp3) is 0.250. The maximum atomic E-state index is 11.6. The number of carbonyl (C=O) groups excluding carboxylic acids is 1. The SMILES string of the molecule is C=CCC(N)C(=O)Nc1ccccc1C. The summed E-state index contributed by atoms with van der Waals surface area (Å²) in [5.41, 5.74) is 7.47. The van der Waals surface area contributed by atoms with Gasteiger partial charge in [-0.25, -0.2) is 0 Å². The molecule has 3 nitrogen and oxygen atoms in total. The predicted octanol–water partition coefficient (Wildman–Crippen LogP) is 1.84. The Morgan fingerprint density at radius 2 is 2.27 bits per heavy atom. The highest BCUT2D eigenvalue weighted by Crippen LogP contribution is 2.13. The van der Waals surface area contributed by atoms with Crippen molar-refractivity contribution >= 4 is 11.6 Å². The van der Waals surface area contributed by atoms with Crippen LogP contribution in [-0.2, 0) is 4.79 Å². The molecule has 0 saturated carbocycles. The largest absolute Gasteiger partial charge is 0.324 e. The number of nitrogens with two attached hydrogens (primary N) is 1. The predicted molar refractivity (Wildman–Crippen MR) is 62.6 cm³/mol. The number of anilines is 1. The molecule has 1 aromatic rings. The molecule has 0 bridgehead atoms. The average molecular weight is 204 g/mol. The normalized spacial score (nSPS) is 11.9. The zero-order valence-corrected chi connectivity index (χ0v) is 8.86. The summed E-state index contributed by atoms with van der Waals surface area (Å²) in [6.07, 6.45) is 2.12. The van der Waals surface area contributed by atoms with Crippen molar-refractivity contribution in [2.24, 2.45) is 5.73 Å². The number of hydrogen-bond acceptors (Lipinski definition) is 2. The quantitative estimate of drug-likeness (QED) is 0.735. The third kappa shape index (κ3) is 3.22. The molecule has 1 amide bonds. The van der Waals surface area contributed by atoms with E-state index in [-0.39, 0.29) is 5.91 Å². The molecule has 3 N–H and O–H groups in total. The van der Waals surface area contributed by atoms with E-state index in [0.29, 0.717) is 6.42 Å². The molecule has 0 aromatic heterocycles. The Hall–Kier alpha value is -1.61. The summed E-state index contributed by atoms with van der Waals surface area (Å²) in [6.45, 7) is 5.49. The van der Waals surface area contributed by atoms with Crippen molar-refractivity contribution < 1.29 is 4.79 Å². The maximum absolute atomic E-state index is 11.6. The number of hydrogen-bond donors (Lipinski definition) is 2. The number of amides is 1. The Balaban J connectivity index is 2.66. The molecule has 0 aliphatic heterocycles. The van der Waals surface area contributed by atoms with Gasteiger partial charge >= 0.3 is 0 Å². The van der Waals surface area contributed by atoms with E-state index in [1.165, 1.54) is 0 Å². The van der Waals surface area contributed by atoms with E-state index in [9.17, 15) is 4.79 Å². The smallest absolute Gasteiger partial charge is 0.241 e. The van der Waals surface area contributed by atoms with Gasteiger partial charge in [-0.2, -0.15) is 0 Å². The van der Waals surface area contributed by atoms with E-state index in [0.717, 1.165) is 11.3 Å². The van der Waals surface area contributed by atoms with Crippen molar-refractivity contribution in [3.63, 3.8) is 0 Å². The summed E-state index contributed by atoms with van der Waals surface area (Å²) in [5.74, 6) is -0.177. The first-order chi connectivity index (χ1) is 7.15. The Labute approximate surface area is 90.0 Å². The van der Waals surface area contributed by atoms with Crippen LogP contribution in [0.25, 0.3) is 0 Å². The number of nitrogens with one attached hydrogen (secondary N) is 1. The zero-order chi connectivity index (χ0) is 11.3. The summed E-state index contributed by atoms with van der Waals surface area (Å²) in [5, 5.41) is 2.78. The summed E-state index contributed by atoms with van der Waals surface area (Å²) in [7, 11) is 0. The highest BCUT2D eigenvalue weighted by molar-refractivity contribution is 5.95. The topological polar surface area (TPSA) is 55.1 Å². The molecule has 0 radical (unpaired) electrons. The van der Waals surface area contributed by atoms with E-state index in [2.05, 4.69) is 11.9 Å². The fourth-order valence-electron chi connectivity index (χ4n) is 1.23. The number of aryl methyl sites for hydroxylation is 1. The van der Waals surface area contributed by atoms with E-state index < -0.39 is 6.04 Å². The van der Waals surface area contributed by atoms with Crippen molar-refractivity contribution in [3.05, 3.63) is 42.5 Å². The molecule has 1 aromatic carbocycles. The molecule has 0 saturated heterocycles. The lowest BCUT2D eigenvalue weighted by Gasteiger charge is -2.11. The molecule has 0 aliphatic carbocycles. The van der Waals surface area contributed by atoms with E-state index in [1.807, 2.05) is 31.2 Å². The molecule has 1 rings (SSSR count). The molecule has 80 valence electrons. The third-order valence-electron chi connectivity index (χ3n) is 2.16. The maximum Gasteiger partial charge on any atom is 0.241 e. The molecule has 0 spiro atoms. The van der Waals surface area contributed by atoms with Crippen LogP contribution >= 0.6 is 0 Å². The van der Waals surface area contributed by atoms with Gasteiger partial charge in [-0.1, -0.05) is 24.3 Å². The second-order valence-electron chi connectivity index (χ2n) is 3.44. The number of para-hydroxylation sites is 1. The lowest BCUT2D eigenvalue weighted by atomic mass is 10.1. The number of benzene rings is 1. The first-order valence-corrected chi connectivity index (χ1v) is 4.88. The van der Waals surface area contributed by atoms with E-state index >= 15 is 0 Å². The second-order valence-corrected chi connectivity index (χ2v) is 3.44. The highest BCUT2D eigenvalue weighted by atomic mass is 16.2. The van der Waals surface area contributed by atoms with Gasteiger partial charge in [0.05, 0.1) is 6.04 Å². The van der Waals surface area contributed by atoms with E-state index in [1.54, 1.807) is 6.08 Å². The lowest BCUT2D eigenvalue weighted by Crippen LogP contribution is -2.35. The average Bonchev–Trinajstić information content (AvgIpc) is 2.21. The van der Waals surface area contributed by atoms with Gasteiger partial charge in [-0.05, 0) is 25.0 Å². The van der Waals surface area contributed by atoms with E-state index in [4.69, 9.17) is 5.73 Å². The van der Waals surface area contributed by atoms with Gasteiger partial charge in [0.1, 0.15) is 0 Å². The van der Waals surface area contributed by atoms with Gasteiger partial charge < -0.3 is 11.1 Å². The molecule has 1 unspecified atom stereocenters. The Bertz CT molecular complexity index is 360. The molecular weight excluding hydrogens is 188 g/mol.